The lowest BCUT2D eigenvalue weighted by Gasteiger charge is -2.25. The van der Waals surface area contributed by atoms with Gasteiger partial charge in [-0.15, -0.1) is 0 Å². The fraction of sp³-hybridized carbons (Fsp3) is 0.478. The van der Waals surface area contributed by atoms with Gasteiger partial charge in [0.1, 0.15) is 18.1 Å². The number of hydrogen-bond donors (Lipinski definition) is 7. The molecule has 4 atom stereocenters. The van der Waals surface area contributed by atoms with E-state index >= 15 is 0 Å². The lowest BCUT2D eigenvalue weighted by Crippen LogP contribution is -2.57. The summed E-state index contributed by atoms with van der Waals surface area (Å²) in [6.45, 7) is 0. The SMILES string of the molecule is CSCCC(NC(=O)C(CCC(N)=O)NC(=O)C(N)CC(N)=O)C(=O)NC(Cc1ccccc1)C(=O)O. The van der Waals surface area contributed by atoms with Crippen LogP contribution in [0.4, 0.5) is 0 Å². The molecule has 14 heteroatoms. The number of amides is 5. The summed E-state index contributed by atoms with van der Waals surface area (Å²) >= 11 is 1.41. The summed E-state index contributed by atoms with van der Waals surface area (Å²) in [5.74, 6) is -4.73. The molecule has 0 saturated carbocycles. The van der Waals surface area contributed by atoms with E-state index in [0.29, 0.717) is 11.3 Å². The van der Waals surface area contributed by atoms with Gasteiger partial charge in [-0.3, -0.25) is 24.0 Å². The minimum Gasteiger partial charge on any atom is -0.480 e. The smallest absolute Gasteiger partial charge is 0.326 e. The zero-order valence-electron chi connectivity index (χ0n) is 20.5. The van der Waals surface area contributed by atoms with Crippen molar-refractivity contribution < 1.29 is 33.9 Å². The quantitative estimate of drug-likeness (QED) is 0.116. The summed E-state index contributed by atoms with van der Waals surface area (Å²) in [6.07, 6.45) is 1.06. The summed E-state index contributed by atoms with van der Waals surface area (Å²) < 4.78 is 0. The van der Waals surface area contributed by atoms with Gasteiger partial charge in [0, 0.05) is 12.8 Å². The maximum absolute atomic E-state index is 13.0. The molecule has 0 heterocycles. The fourth-order valence-corrected chi connectivity index (χ4v) is 3.71. The Kier molecular flexibility index (Phi) is 13.7. The number of nitrogens with two attached hydrogens (primary N) is 3. The van der Waals surface area contributed by atoms with Gasteiger partial charge < -0.3 is 38.3 Å². The molecule has 13 nitrogen and oxygen atoms in total. The molecule has 1 aromatic carbocycles. The van der Waals surface area contributed by atoms with Crippen molar-refractivity contribution in [1.82, 2.24) is 16.0 Å². The molecule has 0 radical (unpaired) electrons. The third-order valence-electron chi connectivity index (χ3n) is 5.21. The first-order chi connectivity index (χ1) is 17.4. The minimum absolute atomic E-state index is 0.0279. The van der Waals surface area contributed by atoms with Crippen LogP contribution in [0.2, 0.25) is 0 Å². The number of thioether (sulfide) groups is 1. The van der Waals surface area contributed by atoms with Gasteiger partial charge in [-0.05, 0) is 30.4 Å². The number of aliphatic carboxylic acids is 1. The number of carbonyl (C=O) groups excluding carboxylic acids is 5. The van der Waals surface area contributed by atoms with Crippen molar-refractivity contribution in [2.75, 3.05) is 12.0 Å². The Morgan fingerprint density at radius 3 is 1.89 bits per heavy atom. The lowest BCUT2D eigenvalue weighted by molar-refractivity contribution is -0.142. The maximum atomic E-state index is 13.0. The average Bonchev–Trinajstić information content (AvgIpc) is 2.83. The van der Waals surface area contributed by atoms with E-state index in [2.05, 4.69) is 16.0 Å². The zero-order chi connectivity index (χ0) is 28.0. The van der Waals surface area contributed by atoms with Crippen molar-refractivity contribution in [3.8, 4) is 0 Å². The molecule has 0 bridgehead atoms. The fourth-order valence-electron chi connectivity index (χ4n) is 3.24. The van der Waals surface area contributed by atoms with Crippen LogP contribution in [0, 0.1) is 0 Å². The van der Waals surface area contributed by atoms with E-state index in [1.54, 1.807) is 36.6 Å². The largest absolute Gasteiger partial charge is 0.480 e. The second kappa shape index (κ2) is 16.2. The molecule has 5 amide bonds. The number of hydrogen-bond acceptors (Lipinski definition) is 8. The second-order valence-electron chi connectivity index (χ2n) is 8.27. The first-order valence-electron chi connectivity index (χ1n) is 11.4. The molecule has 1 aromatic rings. The zero-order valence-corrected chi connectivity index (χ0v) is 21.3. The predicted molar refractivity (Wildman–Crippen MR) is 137 cm³/mol. The van der Waals surface area contributed by atoms with E-state index in [4.69, 9.17) is 17.2 Å². The Bertz CT molecular complexity index is 962. The Morgan fingerprint density at radius 1 is 0.838 bits per heavy atom. The van der Waals surface area contributed by atoms with Crippen molar-refractivity contribution >= 4 is 47.3 Å². The molecule has 1 rings (SSSR count). The van der Waals surface area contributed by atoms with Crippen LogP contribution in [-0.4, -0.2) is 76.8 Å². The third-order valence-corrected chi connectivity index (χ3v) is 5.86. The van der Waals surface area contributed by atoms with Crippen LogP contribution in [0.3, 0.4) is 0 Å². The monoisotopic (exact) mass is 538 g/mol. The summed E-state index contributed by atoms with van der Waals surface area (Å²) in [5, 5.41) is 16.9. The number of primary amides is 2. The summed E-state index contributed by atoms with van der Waals surface area (Å²) in [5.41, 5.74) is 16.5. The van der Waals surface area contributed by atoms with Crippen LogP contribution in [0.1, 0.15) is 31.2 Å². The van der Waals surface area contributed by atoms with Gasteiger partial charge >= 0.3 is 5.97 Å². The highest BCUT2D eigenvalue weighted by atomic mass is 32.2. The number of benzene rings is 1. The van der Waals surface area contributed by atoms with Gasteiger partial charge in [0.15, 0.2) is 0 Å². The van der Waals surface area contributed by atoms with Gasteiger partial charge in [0.05, 0.1) is 12.5 Å². The number of nitrogens with one attached hydrogen (secondary N) is 3. The van der Waals surface area contributed by atoms with E-state index in [0.717, 1.165) is 0 Å². The van der Waals surface area contributed by atoms with Gasteiger partial charge in [0.2, 0.25) is 29.5 Å². The topological polar surface area (TPSA) is 237 Å². The number of rotatable bonds is 17. The van der Waals surface area contributed by atoms with Crippen molar-refractivity contribution in [1.29, 1.82) is 0 Å². The van der Waals surface area contributed by atoms with E-state index in [1.165, 1.54) is 11.8 Å². The van der Waals surface area contributed by atoms with Crippen molar-refractivity contribution in [3.05, 3.63) is 35.9 Å². The van der Waals surface area contributed by atoms with Crippen molar-refractivity contribution in [3.63, 3.8) is 0 Å². The van der Waals surface area contributed by atoms with Crippen molar-refractivity contribution in [2.45, 2.75) is 56.3 Å². The van der Waals surface area contributed by atoms with Gasteiger partial charge in [-0.2, -0.15) is 11.8 Å². The van der Waals surface area contributed by atoms with E-state index in [1.807, 2.05) is 0 Å². The Balaban J connectivity index is 3.01. The molecule has 10 N–H and O–H groups in total. The van der Waals surface area contributed by atoms with Gasteiger partial charge in [-0.1, -0.05) is 30.3 Å². The summed E-state index contributed by atoms with van der Waals surface area (Å²) in [7, 11) is 0. The number of carboxylic acids is 1. The van der Waals surface area contributed by atoms with E-state index in [9.17, 15) is 33.9 Å². The first kappa shape index (κ1) is 31.4. The summed E-state index contributed by atoms with van der Waals surface area (Å²) in [4.78, 5) is 72.4. The second-order valence-corrected chi connectivity index (χ2v) is 9.26. The Hall–Kier alpha value is -3.65. The van der Waals surface area contributed by atoms with E-state index < -0.39 is 66.1 Å². The lowest BCUT2D eigenvalue weighted by atomic mass is 10.0. The standard InChI is InChI=1S/C23H34N6O7S/c1-37-10-9-16(22(34)29-17(23(35)36)11-13-5-3-2-4-6-13)28-21(33)15(7-8-18(25)30)27-20(32)14(24)12-19(26)31/h2-6,14-17H,7-12,24H2,1H3,(H2,25,30)(H2,26,31)(H,27,32)(H,28,33)(H,29,34)(H,35,36). The summed E-state index contributed by atoms with van der Waals surface area (Å²) in [6, 6.07) is 3.70. The number of carboxylic acid groups (broad SMARTS) is 1. The van der Waals surface area contributed by atoms with E-state index in [-0.39, 0.29) is 25.7 Å². The van der Waals surface area contributed by atoms with Crippen LogP contribution in [0.25, 0.3) is 0 Å². The maximum Gasteiger partial charge on any atom is 0.326 e. The molecule has 0 aliphatic carbocycles. The van der Waals surface area contributed by atoms with Gasteiger partial charge in [-0.25, -0.2) is 4.79 Å². The molecule has 37 heavy (non-hydrogen) atoms. The average molecular weight is 539 g/mol. The van der Waals surface area contributed by atoms with Crippen LogP contribution < -0.4 is 33.2 Å². The van der Waals surface area contributed by atoms with Crippen LogP contribution in [-0.2, 0) is 35.2 Å². The van der Waals surface area contributed by atoms with Crippen LogP contribution in [0.5, 0.6) is 0 Å². The highest BCUT2D eigenvalue weighted by Gasteiger charge is 2.30. The molecule has 0 aromatic heterocycles. The first-order valence-corrected chi connectivity index (χ1v) is 12.8. The number of carbonyl (C=O) groups is 6. The molecular formula is C23H34N6O7S. The third kappa shape index (κ3) is 12.2. The van der Waals surface area contributed by atoms with Crippen LogP contribution in [0.15, 0.2) is 30.3 Å². The van der Waals surface area contributed by atoms with Crippen LogP contribution >= 0.6 is 11.8 Å². The Morgan fingerprint density at radius 2 is 1.38 bits per heavy atom. The highest BCUT2D eigenvalue weighted by Crippen LogP contribution is 2.07. The molecular weight excluding hydrogens is 504 g/mol. The van der Waals surface area contributed by atoms with Crippen molar-refractivity contribution in [2.24, 2.45) is 17.2 Å². The molecule has 4 unspecified atom stereocenters. The normalized spacial score (nSPS) is 13.9. The molecule has 0 aliphatic rings. The minimum atomic E-state index is -1.33. The predicted octanol–water partition coefficient (Wildman–Crippen LogP) is -2.01. The molecule has 0 spiro atoms. The molecule has 0 fully saturated rings. The Labute approximate surface area is 218 Å². The highest BCUT2D eigenvalue weighted by molar-refractivity contribution is 7.98. The molecule has 204 valence electrons. The molecule has 0 saturated heterocycles. The molecule has 0 aliphatic heterocycles. The van der Waals surface area contributed by atoms with Gasteiger partial charge in [0.25, 0.3) is 0 Å².